The van der Waals surface area contributed by atoms with Crippen molar-refractivity contribution in [1.29, 1.82) is 0 Å². The van der Waals surface area contributed by atoms with Crippen LogP contribution in [0.3, 0.4) is 0 Å². The van der Waals surface area contributed by atoms with Gasteiger partial charge in [0.15, 0.2) is 0 Å². The zero-order valence-corrected chi connectivity index (χ0v) is 10.0. The third-order valence-corrected chi connectivity index (χ3v) is 3.32. The molecule has 0 aliphatic rings. The lowest BCUT2D eigenvalue weighted by Gasteiger charge is -2.07. The molecule has 0 saturated heterocycles. The highest BCUT2D eigenvalue weighted by Gasteiger charge is 2.14. The third kappa shape index (κ3) is 2.81. The second-order valence-corrected chi connectivity index (χ2v) is 4.39. The van der Waals surface area contributed by atoms with Crippen LogP contribution in [0.1, 0.15) is 5.56 Å². The molecule has 0 spiro atoms. The Morgan fingerprint density at radius 2 is 2.29 bits per heavy atom. The van der Waals surface area contributed by atoms with Crippen LogP contribution in [-0.2, 0) is 11.2 Å². The zero-order valence-electron chi connectivity index (χ0n) is 7.14. The van der Waals surface area contributed by atoms with E-state index in [2.05, 4.69) is 0 Å². The molecule has 0 fully saturated rings. The minimum Gasteiger partial charge on any atom is -0.368 e. The zero-order chi connectivity index (χ0) is 10.7. The molecule has 0 heterocycles. The second kappa shape index (κ2) is 4.93. The molecule has 0 saturated carbocycles. The summed E-state index contributed by atoms with van der Waals surface area (Å²) in [6.45, 7) is 0. The Morgan fingerprint density at radius 1 is 1.64 bits per heavy atom. The molecular weight excluding hydrogens is 319 g/mol. The summed E-state index contributed by atoms with van der Waals surface area (Å²) >= 11 is 7.55. The number of carbonyl (C=O) groups excluding carboxylic acids is 1. The first-order valence-corrected chi connectivity index (χ1v) is 5.40. The van der Waals surface area contributed by atoms with E-state index in [9.17, 15) is 9.18 Å². The standard InChI is InChI=1S/C9H8ClFINO/c10-6(9(13)14)4-5-2-1-3-7(11)8(5)12/h1-3,6H,4H2,(H2,13,14). The monoisotopic (exact) mass is 327 g/mol. The van der Waals surface area contributed by atoms with E-state index in [4.69, 9.17) is 17.3 Å². The van der Waals surface area contributed by atoms with Gasteiger partial charge in [0.1, 0.15) is 11.2 Å². The van der Waals surface area contributed by atoms with E-state index in [0.29, 0.717) is 9.13 Å². The van der Waals surface area contributed by atoms with Crippen molar-refractivity contribution in [2.75, 3.05) is 0 Å². The van der Waals surface area contributed by atoms with Gasteiger partial charge < -0.3 is 5.73 Å². The van der Waals surface area contributed by atoms with E-state index in [0.717, 1.165) is 0 Å². The number of nitrogens with two attached hydrogens (primary N) is 1. The van der Waals surface area contributed by atoms with Gasteiger partial charge in [0.25, 0.3) is 0 Å². The lowest BCUT2D eigenvalue weighted by atomic mass is 10.1. The summed E-state index contributed by atoms with van der Waals surface area (Å²) in [5.74, 6) is -0.900. The molecule has 2 nitrogen and oxygen atoms in total. The molecule has 1 aromatic rings. The van der Waals surface area contributed by atoms with Gasteiger partial charge in [0.05, 0.1) is 3.57 Å². The number of benzene rings is 1. The van der Waals surface area contributed by atoms with Crippen LogP contribution in [0.25, 0.3) is 0 Å². The van der Waals surface area contributed by atoms with Gasteiger partial charge >= 0.3 is 0 Å². The van der Waals surface area contributed by atoms with E-state index in [1.54, 1.807) is 12.1 Å². The topological polar surface area (TPSA) is 43.1 Å². The molecule has 0 aliphatic heterocycles. The molecule has 1 unspecified atom stereocenters. The van der Waals surface area contributed by atoms with Crippen LogP contribution in [0.15, 0.2) is 18.2 Å². The number of hydrogen-bond donors (Lipinski definition) is 1. The van der Waals surface area contributed by atoms with E-state index < -0.39 is 11.3 Å². The first-order chi connectivity index (χ1) is 6.52. The summed E-state index contributed by atoms with van der Waals surface area (Å²) in [6.07, 6.45) is 0.257. The average molecular weight is 328 g/mol. The largest absolute Gasteiger partial charge is 0.368 e. The van der Waals surface area contributed by atoms with Crippen LogP contribution in [0.5, 0.6) is 0 Å². The lowest BCUT2D eigenvalue weighted by molar-refractivity contribution is -0.117. The molecule has 76 valence electrons. The number of alkyl halides is 1. The molecular formula is C9H8ClFINO. The van der Waals surface area contributed by atoms with Crippen molar-refractivity contribution >= 4 is 40.1 Å². The number of carbonyl (C=O) groups is 1. The van der Waals surface area contributed by atoms with Crippen molar-refractivity contribution in [2.24, 2.45) is 5.73 Å². The summed E-state index contributed by atoms with van der Waals surface area (Å²) < 4.78 is 13.5. The number of rotatable bonds is 3. The lowest BCUT2D eigenvalue weighted by Crippen LogP contribution is -2.25. The van der Waals surface area contributed by atoms with Crippen molar-refractivity contribution in [2.45, 2.75) is 11.8 Å². The fourth-order valence-corrected chi connectivity index (χ4v) is 1.75. The fourth-order valence-electron chi connectivity index (χ4n) is 1.000. The van der Waals surface area contributed by atoms with Crippen LogP contribution in [0, 0.1) is 9.39 Å². The van der Waals surface area contributed by atoms with E-state index in [1.165, 1.54) is 6.07 Å². The van der Waals surface area contributed by atoms with Crippen molar-refractivity contribution in [1.82, 2.24) is 0 Å². The third-order valence-electron chi connectivity index (χ3n) is 1.74. The van der Waals surface area contributed by atoms with Crippen LogP contribution in [0.2, 0.25) is 0 Å². The Balaban J connectivity index is 2.87. The van der Waals surface area contributed by atoms with Crippen LogP contribution < -0.4 is 5.73 Å². The molecule has 1 rings (SSSR count). The van der Waals surface area contributed by atoms with E-state index in [-0.39, 0.29) is 12.2 Å². The first-order valence-electron chi connectivity index (χ1n) is 3.88. The summed E-state index contributed by atoms with van der Waals surface area (Å²) in [5.41, 5.74) is 5.70. The van der Waals surface area contributed by atoms with Crippen LogP contribution in [0.4, 0.5) is 4.39 Å². The summed E-state index contributed by atoms with van der Waals surface area (Å²) in [7, 11) is 0. The highest BCUT2D eigenvalue weighted by molar-refractivity contribution is 14.1. The maximum Gasteiger partial charge on any atom is 0.235 e. The molecule has 0 radical (unpaired) electrons. The van der Waals surface area contributed by atoms with Crippen molar-refractivity contribution in [3.63, 3.8) is 0 Å². The molecule has 0 aliphatic carbocycles. The second-order valence-electron chi connectivity index (χ2n) is 2.79. The van der Waals surface area contributed by atoms with Crippen LogP contribution in [-0.4, -0.2) is 11.3 Å². The number of hydrogen-bond acceptors (Lipinski definition) is 1. The van der Waals surface area contributed by atoms with E-state index in [1.807, 2.05) is 22.6 Å². The molecule has 0 bridgehead atoms. The van der Waals surface area contributed by atoms with Gasteiger partial charge in [-0.1, -0.05) is 12.1 Å². The smallest absolute Gasteiger partial charge is 0.235 e. The highest BCUT2D eigenvalue weighted by atomic mass is 127. The predicted octanol–water partition coefficient (Wildman–Crippen LogP) is 2.07. The Labute approximate surface area is 99.8 Å². The molecule has 1 aromatic carbocycles. The summed E-state index contributed by atoms with van der Waals surface area (Å²) in [6, 6.07) is 4.67. The Morgan fingerprint density at radius 3 is 2.86 bits per heavy atom. The van der Waals surface area contributed by atoms with Gasteiger partial charge in [-0.05, 0) is 40.6 Å². The van der Waals surface area contributed by atoms with Gasteiger partial charge in [0, 0.05) is 0 Å². The predicted molar refractivity (Wildman–Crippen MR) is 61.7 cm³/mol. The quantitative estimate of drug-likeness (QED) is 0.670. The Bertz CT molecular complexity index is 359. The molecule has 0 aromatic heterocycles. The van der Waals surface area contributed by atoms with E-state index >= 15 is 0 Å². The van der Waals surface area contributed by atoms with Crippen LogP contribution >= 0.6 is 34.2 Å². The van der Waals surface area contributed by atoms with Gasteiger partial charge in [-0.3, -0.25) is 4.79 Å². The maximum atomic E-state index is 13.1. The van der Waals surface area contributed by atoms with Gasteiger partial charge in [-0.15, -0.1) is 11.6 Å². The number of halogens is 3. The van der Waals surface area contributed by atoms with Gasteiger partial charge in [0.2, 0.25) is 5.91 Å². The molecule has 2 N–H and O–H groups in total. The number of primary amides is 1. The minimum atomic E-state index is -0.787. The fraction of sp³-hybridized carbons (Fsp3) is 0.222. The highest BCUT2D eigenvalue weighted by Crippen LogP contribution is 2.18. The molecule has 14 heavy (non-hydrogen) atoms. The van der Waals surface area contributed by atoms with Gasteiger partial charge in [-0.2, -0.15) is 0 Å². The maximum absolute atomic E-state index is 13.1. The Kier molecular flexibility index (Phi) is 4.12. The van der Waals surface area contributed by atoms with Gasteiger partial charge in [-0.25, -0.2) is 4.39 Å². The number of amides is 1. The molecule has 1 amide bonds. The Hall–Kier alpha value is -0.360. The minimum absolute atomic E-state index is 0.257. The molecule has 5 heteroatoms. The van der Waals surface area contributed by atoms with Crippen molar-refractivity contribution in [3.8, 4) is 0 Å². The first kappa shape index (κ1) is 11.7. The average Bonchev–Trinajstić information content (AvgIpc) is 2.12. The summed E-state index contributed by atoms with van der Waals surface area (Å²) in [4.78, 5) is 10.7. The normalized spacial score (nSPS) is 12.5. The summed E-state index contributed by atoms with van der Waals surface area (Å²) in [5, 5.41) is -0.787. The van der Waals surface area contributed by atoms with Crippen molar-refractivity contribution in [3.05, 3.63) is 33.1 Å². The SMILES string of the molecule is NC(=O)C(Cl)Cc1cccc(F)c1I. The van der Waals surface area contributed by atoms with Crippen molar-refractivity contribution < 1.29 is 9.18 Å². The molecule has 1 atom stereocenters.